The van der Waals surface area contributed by atoms with E-state index in [0.717, 1.165) is 51.4 Å². The van der Waals surface area contributed by atoms with Crippen molar-refractivity contribution in [3.8, 4) is 0 Å². The van der Waals surface area contributed by atoms with E-state index >= 15 is 0 Å². The average Bonchev–Trinajstić information content (AvgIpc) is 3.42. The third kappa shape index (κ3) is 63.0. The van der Waals surface area contributed by atoms with Gasteiger partial charge in [-0.15, -0.1) is 0 Å². The third-order valence-corrected chi connectivity index (χ3v) is 15.4. The first-order chi connectivity index (χ1) is 38.6. The Morgan fingerprint density at radius 2 is 0.684 bits per heavy atom. The normalized spacial score (nSPS) is 12.9. The van der Waals surface area contributed by atoms with E-state index in [1.165, 1.54) is 257 Å². The maximum atomic E-state index is 12.9. The summed E-state index contributed by atoms with van der Waals surface area (Å²) in [6.45, 7) is 4.80. The van der Waals surface area contributed by atoms with Gasteiger partial charge in [-0.05, 0) is 51.4 Å². The molecule has 79 heavy (non-hydrogen) atoms. The fraction of sp³-hybridized carbons (Fsp3) is 0.871. The van der Waals surface area contributed by atoms with Gasteiger partial charge in [-0.3, -0.25) is 9.59 Å². The van der Waals surface area contributed by atoms with Crippen molar-refractivity contribution < 1.29 is 42.9 Å². The van der Waals surface area contributed by atoms with Gasteiger partial charge in [0.1, 0.15) is 13.2 Å². The number of carbonyl (C=O) groups excluding carboxylic acids is 3. The summed E-state index contributed by atoms with van der Waals surface area (Å²) in [4.78, 5) is 37.4. The predicted molar refractivity (Wildman–Crippen MR) is 334 cm³/mol. The zero-order valence-electron chi connectivity index (χ0n) is 53.0. The van der Waals surface area contributed by atoms with Crippen LogP contribution in [0.25, 0.3) is 0 Å². The predicted octanol–water partition coefficient (Wildman–Crippen LogP) is 19.5. The lowest BCUT2D eigenvalue weighted by molar-refractivity contribution is -0.870. The zero-order valence-corrected chi connectivity index (χ0v) is 53.0. The highest BCUT2D eigenvalue weighted by Crippen LogP contribution is 2.18. The summed E-state index contributed by atoms with van der Waals surface area (Å²) in [7, 11) is 5.94. The number of rotatable bonds is 64. The number of quaternary nitrogens is 1. The van der Waals surface area contributed by atoms with Crippen molar-refractivity contribution in [2.45, 2.75) is 347 Å². The lowest BCUT2D eigenvalue weighted by Gasteiger charge is -2.26. The number of likely N-dealkylation sites (N-methyl/N-ethyl adjacent to an activating group) is 1. The minimum atomic E-state index is -1.62. The number of allylic oxidation sites excluding steroid dienone is 6. The van der Waals surface area contributed by atoms with Crippen LogP contribution in [-0.4, -0.2) is 82.3 Å². The van der Waals surface area contributed by atoms with Gasteiger partial charge < -0.3 is 33.3 Å². The Labute approximate surface area is 490 Å². The molecule has 0 aromatic heterocycles. The number of unbranched alkanes of at least 4 members (excludes halogenated alkanes) is 43. The first kappa shape index (κ1) is 76.5. The summed E-state index contributed by atoms with van der Waals surface area (Å²) < 4.78 is 22.8. The fourth-order valence-electron chi connectivity index (χ4n) is 10.1. The van der Waals surface area contributed by atoms with Crippen LogP contribution in [0.1, 0.15) is 335 Å². The second-order valence-corrected chi connectivity index (χ2v) is 24.5. The number of carboxylic acid groups (broad SMARTS) is 1. The Morgan fingerprint density at radius 1 is 0.380 bits per heavy atom. The van der Waals surface area contributed by atoms with Crippen LogP contribution in [-0.2, 0) is 33.3 Å². The van der Waals surface area contributed by atoms with E-state index in [0.29, 0.717) is 17.4 Å². The highest BCUT2D eigenvalue weighted by Gasteiger charge is 2.22. The van der Waals surface area contributed by atoms with Crippen LogP contribution >= 0.6 is 0 Å². The summed E-state index contributed by atoms with van der Waals surface area (Å²) in [5, 5.41) is 11.8. The molecular formula is C70H131NO8. The van der Waals surface area contributed by atoms with Gasteiger partial charge in [0.2, 0.25) is 0 Å². The smallest absolute Gasteiger partial charge is 0.306 e. The standard InChI is InChI=1S/C70H131NO8/c1-6-8-10-12-14-16-18-20-22-24-26-28-29-30-31-32-33-34-35-36-37-38-39-41-43-45-47-49-51-53-55-57-59-61-68(73)79-66(65-78-70(69(74)75)76-63-62-71(3,4)5)64-77-67(72)60-58-56-54-52-50-48-46-44-42-40-27-25-23-21-19-17-15-13-11-9-7-2/h18,20,24,26,29-30,66,70H,6-17,19,21-23,25,27-28,31-65H2,1-5H3/b20-18-,26-24-,30-29-. The fourth-order valence-corrected chi connectivity index (χ4v) is 10.1. The third-order valence-electron chi connectivity index (χ3n) is 15.4. The zero-order chi connectivity index (χ0) is 57.6. The number of hydrogen-bond acceptors (Lipinski definition) is 8. The molecule has 464 valence electrons. The molecular weight excluding hydrogens is 983 g/mol. The molecule has 0 amide bonds. The van der Waals surface area contributed by atoms with Gasteiger partial charge in [0.05, 0.1) is 40.3 Å². The molecule has 9 heteroatoms. The molecule has 0 aliphatic carbocycles. The molecule has 0 rings (SSSR count). The van der Waals surface area contributed by atoms with E-state index in [4.69, 9.17) is 18.9 Å². The van der Waals surface area contributed by atoms with Gasteiger partial charge >= 0.3 is 11.9 Å². The molecule has 0 N–H and O–H groups in total. The highest BCUT2D eigenvalue weighted by molar-refractivity contribution is 5.70. The number of carboxylic acids is 1. The molecule has 0 saturated heterocycles. The van der Waals surface area contributed by atoms with E-state index in [1.54, 1.807) is 0 Å². The summed E-state index contributed by atoms with van der Waals surface area (Å²) in [5.74, 6) is -2.26. The van der Waals surface area contributed by atoms with Crippen molar-refractivity contribution in [3.63, 3.8) is 0 Å². The minimum Gasteiger partial charge on any atom is -0.545 e. The maximum absolute atomic E-state index is 12.9. The quantitative estimate of drug-likeness (QED) is 0.0195. The van der Waals surface area contributed by atoms with Crippen LogP contribution in [0.5, 0.6) is 0 Å². The largest absolute Gasteiger partial charge is 0.545 e. The molecule has 0 radical (unpaired) electrons. The topological polar surface area (TPSA) is 111 Å². The molecule has 0 aromatic rings. The summed E-state index contributed by atoms with van der Waals surface area (Å²) in [5.41, 5.74) is 0. The molecule has 0 aliphatic rings. The van der Waals surface area contributed by atoms with E-state index in [-0.39, 0.29) is 32.2 Å². The Bertz CT molecular complexity index is 1390. The molecule has 9 nitrogen and oxygen atoms in total. The molecule has 2 atom stereocenters. The van der Waals surface area contributed by atoms with Gasteiger partial charge in [0, 0.05) is 12.8 Å². The molecule has 0 fully saturated rings. The summed E-state index contributed by atoms with van der Waals surface area (Å²) >= 11 is 0. The van der Waals surface area contributed by atoms with Crippen LogP contribution < -0.4 is 5.11 Å². The van der Waals surface area contributed by atoms with Crippen molar-refractivity contribution in [1.82, 2.24) is 0 Å². The first-order valence-corrected chi connectivity index (χ1v) is 34.1. The minimum absolute atomic E-state index is 0.151. The van der Waals surface area contributed by atoms with Crippen LogP contribution in [0.4, 0.5) is 0 Å². The lowest BCUT2D eigenvalue weighted by atomic mass is 10.0. The van der Waals surface area contributed by atoms with Gasteiger partial charge in [-0.2, -0.15) is 0 Å². The van der Waals surface area contributed by atoms with Crippen molar-refractivity contribution in [2.75, 3.05) is 47.5 Å². The van der Waals surface area contributed by atoms with Gasteiger partial charge in [-0.25, -0.2) is 0 Å². The van der Waals surface area contributed by atoms with Gasteiger partial charge in [0.15, 0.2) is 12.4 Å². The van der Waals surface area contributed by atoms with Crippen LogP contribution in [0, 0.1) is 0 Å². The Kier molecular flexibility index (Phi) is 59.6. The summed E-state index contributed by atoms with van der Waals surface area (Å²) in [6, 6.07) is 0. The molecule has 0 aliphatic heterocycles. The second kappa shape index (κ2) is 61.6. The Balaban J connectivity index is 4.07. The van der Waals surface area contributed by atoms with E-state index < -0.39 is 24.3 Å². The number of aliphatic carboxylic acids is 1. The lowest BCUT2D eigenvalue weighted by Crippen LogP contribution is -2.44. The first-order valence-electron chi connectivity index (χ1n) is 34.1. The maximum Gasteiger partial charge on any atom is 0.306 e. The Morgan fingerprint density at radius 3 is 1.01 bits per heavy atom. The number of carbonyl (C=O) groups is 3. The molecule has 0 aromatic carbocycles. The van der Waals surface area contributed by atoms with Crippen LogP contribution in [0.3, 0.4) is 0 Å². The van der Waals surface area contributed by atoms with Gasteiger partial charge in [0.25, 0.3) is 0 Å². The van der Waals surface area contributed by atoms with E-state index in [9.17, 15) is 19.5 Å². The monoisotopic (exact) mass is 1110 g/mol. The van der Waals surface area contributed by atoms with Crippen LogP contribution in [0.2, 0.25) is 0 Å². The molecule has 0 bridgehead atoms. The van der Waals surface area contributed by atoms with Gasteiger partial charge in [-0.1, -0.05) is 307 Å². The SMILES string of the molecule is CCCCCCC/C=C\C/C=C\C/C=C\CCCCCCCCCCCCCCCCCCCCC(=O)OC(COC(=O)CCCCCCCCCCCCCCCCCCCCCCC)COC(OCC[N+](C)(C)C)C(=O)[O-]. The molecule has 0 heterocycles. The number of hydrogen-bond donors (Lipinski definition) is 0. The number of esters is 2. The number of ether oxygens (including phenoxy) is 4. The molecule has 2 unspecified atom stereocenters. The highest BCUT2D eigenvalue weighted by atomic mass is 16.7. The number of nitrogens with zero attached hydrogens (tertiary/aromatic N) is 1. The van der Waals surface area contributed by atoms with Crippen molar-refractivity contribution in [2.24, 2.45) is 0 Å². The van der Waals surface area contributed by atoms with Crippen molar-refractivity contribution in [1.29, 1.82) is 0 Å². The average molecular weight is 1110 g/mol. The molecule has 0 spiro atoms. The Hall–Kier alpha value is -2.49. The van der Waals surface area contributed by atoms with E-state index in [1.807, 2.05) is 21.1 Å². The second-order valence-electron chi connectivity index (χ2n) is 24.5. The summed E-state index contributed by atoms with van der Waals surface area (Å²) in [6.07, 6.45) is 73.6. The van der Waals surface area contributed by atoms with E-state index in [2.05, 4.69) is 50.3 Å². The van der Waals surface area contributed by atoms with Crippen molar-refractivity contribution in [3.05, 3.63) is 36.5 Å². The molecule has 0 saturated carbocycles. The van der Waals surface area contributed by atoms with Crippen molar-refractivity contribution >= 4 is 17.9 Å². The van der Waals surface area contributed by atoms with Crippen LogP contribution in [0.15, 0.2) is 36.5 Å².